The number of aromatic nitrogens is 4. The number of ether oxygens (including phenoxy) is 1. The molecule has 3 aromatic rings. The van der Waals surface area contributed by atoms with E-state index in [4.69, 9.17) is 15.1 Å². The third-order valence-corrected chi connectivity index (χ3v) is 6.04. The zero-order valence-electron chi connectivity index (χ0n) is 16.3. The molecule has 152 valence electrons. The van der Waals surface area contributed by atoms with Gasteiger partial charge in [-0.2, -0.15) is 0 Å². The number of anilines is 2. The Hall–Kier alpha value is -2.78. The van der Waals surface area contributed by atoms with Crippen LogP contribution in [0, 0.1) is 0 Å². The average Bonchev–Trinajstić information content (AvgIpc) is 3.25. The number of rotatable bonds is 4. The minimum absolute atomic E-state index is 0.308. The van der Waals surface area contributed by atoms with Crippen molar-refractivity contribution >= 4 is 22.7 Å². The Morgan fingerprint density at radius 2 is 1.83 bits per heavy atom. The molecule has 1 aliphatic heterocycles. The van der Waals surface area contributed by atoms with Gasteiger partial charge in [-0.1, -0.05) is 0 Å². The number of hydrogen-bond donors (Lipinski definition) is 2. The highest BCUT2D eigenvalue weighted by atomic mass is 16.6. The number of nitrogens with one attached hydrogen (secondary N) is 1. The van der Waals surface area contributed by atoms with Gasteiger partial charge in [-0.15, -0.1) is 0 Å². The van der Waals surface area contributed by atoms with Gasteiger partial charge in [-0.05, 0) is 54.2 Å². The van der Waals surface area contributed by atoms with Crippen molar-refractivity contribution in [2.75, 3.05) is 36.5 Å². The summed E-state index contributed by atoms with van der Waals surface area (Å²) in [5, 5.41) is 11.7. The van der Waals surface area contributed by atoms with Crippen LogP contribution in [0.5, 0.6) is 0 Å². The molecule has 3 N–H and O–H groups in total. The van der Waals surface area contributed by atoms with Gasteiger partial charge in [0.1, 0.15) is 11.0 Å². The average molecular weight is 395 g/mol. The monoisotopic (exact) mass is 395 g/mol. The third-order valence-electron chi connectivity index (χ3n) is 6.04. The molecule has 0 amide bonds. The van der Waals surface area contributed by atoms with Crippen LogP contribution < -0.4 is 16.0 Å². The van der Waals surface area contributed by atoms with E-state index in [9.17, 15) is 0 Å². The van der Waals surface area contributed by atoms with Gasteiger partial charge in [0.15, 0.2) is 0 Å². The number of hydrogen-bond acceptors (Lipinski definition) is 9. The molecule has 2 aromatic heterocycles. The van der Waals surface area contributed by atoms with Gasteiger partial charge in [0.25, 0.3) is 0 Å². The Morgan fingerprint density at radius 3 is 2.59 bits per heavy atom. The van der Waals surface area contributed by atoms with Gasteiger partial charge in [0.2, 0.25) is 5.95 Å². The van der Waals surface area contributed by atoms with E-state index in [-0.39, 0.29) is 0 Å². The number of fused-ring (bicyclic) bond motifs is 1. The highest BCUT2D eigenvalue weighted by Crippen LogP contribution is 2.40. The van der Waals surface area contributed by atoms with Crippen molar-refractivity contribution in [2.24, 2.45) is 5.73 Å². The summed E-state index contributed by atoms with van der Waals surface area (Å²) in [5.74, 6) is 0.666. The molecule has 1 aliphatic carbocycles. The molecule has 1 saturated heterocycles. The summed E-state index contributed by atoms with van der Waals surface area (Å²) < 4.78 is 10.5. The maximum atomic E-state index is 6.95. The summed E-state index contributed by atoms with van der Waals surface area (Å²) in [6, 6.07) is 6.33. The van der Waals surface area contributed by atoms with Crippen LogP contribution in [-0.4, -0.2) is 52.6 Å². The molecule has 9 nitrogen and oxygen atoms in total. The van der Waals surface area contributed by atoms with Gasteiger partial charge in [-0.25, -0.2) is 14.6 Å². The van der Waals surface area contributed by atoms with E-state index >= 15 is 0 Å². The van der Waals surface area contributed by atoms with Crippen LogP contribution in [-0.2, 0) is 10.3 Å². The summed E-state index contributed by atoms with van der Waals surface area (Å²) in [4.78, 5) is 10.8. The van der Waals surface area contributed by atoms with E-state index in [1.165, 1.54) is 0 Å². The third kappa shape index (κ3) is 3.63. The highest BCUT2D eigenvalue weighted by molar-refractivity contribution is 5.83. The van der Waals surface area contributed by atoms with Gasteiger partial charge < -0.3 is 20.7 Å². The quantitative estimate of drug-likeness (QED) is 0.685. The molecular weight excluding hydrogens is 370 g/mol. The molecule has 29 heavy (non-hydrogen) atoms. The summed E-state index contributed by atoms with van der Waals surface area (Å²) in [6.45, 7) is 3.17. The predicted octanol–water partition coefficient (Wildman–Crippen LogP) is 2.06. The SMILES string of the molecule is NC1(c2cc(N3CCOCC3)cc3nonc23)CCC(Nc2ncccn2)CC1. The summed E-state index contributed by atoms with van der Waals surface area (Å²) in [5.41, 5.74) is 10.1. The maximum Gasteiger partial charge on any atom is 0.222 e. The van der Waals surface area contributed by atoms with Crippen molar-refractivity contribution in [3.05, 3.63) is 36.2 Å². The normalized spacial score (nSPS) is 25.3. The zero-order valence-corrected chi connectivity index (χ0v) is 16.3. The molecule has 0 spiro atoms. The van der Waals surface area contributed by atoms with E-state index in [0.717, 1.165) is 74.3 Å². The van der Waals surface area contributed by atoms with Crippen LogP contribution in [0.25, 0.3) is 11.0 Å². The van der Waals surface area contributed by atoms with E-state index in [0.29, 0.717) is 12.0 Å². The van der Waals surface area contributed by atoms with Crippen LogP contribution in [0.3, 0.4) is 0 Å². The van der Waals surface area contributed by atoms with Gasteiger partial charge in [-0.3, -0.25) is 0 Å². The fraction of sp³-hybridized carbons (Fsp3) is 0.500. The Labute approximate surface area is 168 Å². The second-order valence-corrected chi connectivity index (χ2v) is 7.87. The molecule has 9 heteroatoms. The first-order chi connectivity index (χ1) is 14.2. The van der Waals surface area contributed by atoms with E-state index < -0.39 is 5.54 Å². The Balaban J connectivity index is 1.39. The van der Waals surface area contributed by atoms with Crippen LogP contribution >= 0.6 is 0 Å². The first kappa shape index (κ1) is 18.3. The Morgan fingerprint density at radius 1 is 1.07 bits per heavy atom. The van der Waals surface area contributed by atoms with Crippen LogP contribution in [0.4, 0.5) is 11.6 Å². The minimum atomic E-state index is -0.463. The van der Waals surface area contributed by atoms with E-state index in [1.807, 2.05) is 12.1 Å². The standard InChI is InChI=1S/C20H25N7O2/c21-20(4-2-14(3-5-20)24-19-22-6-1-7-23-19)16-12-15(27-8-10-28-11-9-27)13-17-18(16)26-29-25-17/h1,6-7,12-14H,2-5,8-11,21H2,(H,22,23,24). The molecule has 0 atom stereocenters. The summed E-state index contributed by atoms with van der Waals surface area (Å²) >= 11 is 0. The molecular formula is C20H25N7O2. The van der Waals surface area contributed by atoms with Crippen molar-refractivity contribution in [1.82, 2.24) is 20.3 Å². The topological polar surface area (TPSA) is 115 Å². The second-order valence-electron chi connectivity index (χ2n) is 7.87. The first-order valence-corrected chi connectivity index (χ1v) is 10.1. The Bertz CT molecular complexity index is 963. The first-order valence-electron chi connectivity index (χ1n) is 10.1. The Kier molecular flexibility index (Phi) is 4.76. The van der Waals surface area contributed by atoms with Crippen molar-refractivity contribution in [1.29, 1.82) is 0 Å². The summed E-state index contributed by atoms with van der Waals surface area (Å²) in [7, 11) is 0. The molecule has 0 radical (unpaired) electrons. The highest BCUT2D eigenvalue weighted by Gasteiger charge is 2.36. The molecule has 1 aromatic carbocycles. The van der Waals surface area contributed by atoms with Gasteiger partial charge >= 0.3 is 0 Å². The lowest BCUT2D eigenvalue weighted by Gasteiger charge is -2.38. The second kappa shape index (κ2) is 7.57. The molecule has 0 unspecified atom stereocenters. The smallest absolute Gasteiger partial charge is 0.222 e. The lowest BCUT2D eigenvalue weighted by Crippen LogP contribution is -2.44. The molecule has 3 heterocycles. The number of nitrogens with zero attached hydrogens (tertiary/aromatic N) is 5. The molecule has 1 saturated carbocycles. The van der Waals surface area contributed by atoms with Gasteiger partial charge in [0.05, 0.1) is 13.2 Å². The lowest BCUT2D eigenvalue weighted by molar-refractivity contribution is 0.122. The molecule has 5 rings (SSSR count). The largest absolute Gasteiger partial charge is 0.378 e. The number of benzene rings is 1. The van der Waals surface area contributed by atoms with Gasteiger partial charge in [0, 0.05) is 48.3 Å². The zero-order chi connectivity index (χ0) is 19.7. The fourth-order valence-electron chi connectivity index (χ4n) is 4.36. The van der Waals surface area contributed by atoms with E-state index in [1.54, 1.807) is 12.4 Å². The van der Waals surface area contributed by atoms with Crippen LogP contribution in [0.1, 0.15) is 31.2 Å². The number of nitrogens with two attached hydrogens (primary N) is 1. The maximum absolute atomic E-state index is 6.95. The van der Waals surface area contributed by atoms with Crippen LogP contribution in [0.15, 0.2) is 35.2 Å². The fourth-order valence-corrected chi connectivity index (χ4v) is 4.36. The van der Waals surface area contributed by atoms with Crippen molar-refractivity contribution < 1.29 is 9.37 Å². The molecule has 0 bridgehead atoms. The van der Waals surface area contributed by atoms with E-state index in [2.05, 4.69) is 36.6 Å². The van der Waals surface area contributed by atoms with Crippen molar-refractivity contribution in [3.8, 4) is 0 Å². The van der Waals surface area contributed by atoms with Crippen molar-refractivity contribution in [2.45, 2.75) is 37.3 Å². The minimum Gasteiger partial charge on any atom is -0.378 e. The molecule has 2 aliphatic rings. The number of morpholine rings is 1. The predicted molar refractivity (Wildman–Crippen MR) is 109 cm³/mol. The summed E-state index contributed by atoms with van der Waals surface area (Å²) in [6.07, 6.45) is 7.04. The van der Waals surface area contributed by atoms with Crippen molar-refractivity contribution in [3.63, 3.8) is 0 Å². The molecule has 2 fully saturated rings. The lowest BCUT2D eigenvalue weighted by atomic mass is 9.75. The van der Waals surface area contributed by atoms with Crippen LogP contribution in [0.2, 0.25) is 0 Å².